The van der Waals surface area contributed by atoms with E-state index >= 15 is 0 Å². The van der Waals surface area contributed by atoms with Gasteiger partial charge in [-0.15, -0.1) is 5.10 Å². The van der Waals surface area contributed by atoms with Gasteiger partial charge in [-0.3, -0.25) is 0 Å². The Kier molecular flexibility index (Phi) is 2.14. The van der Waals surface area contributed by atoms with Crippen molar-refractivity contribution in [1.82, 2.24) is 19.6 Å². The summed E-state index contributed by atoms with van der Waals surface area (Å²) < 4.78 is 1.57. The Bertz CT molecular complexity index is 749. The van der Waals surface area contributed by atoms with Gasteiger partial charge in [-0.25, -0.2) is 4.98 Å². The van der Waals surface area contributed by atoms with Crippen LogP contribution in [0.2, 0.25) is 10.0 Å². The number of hydrogen-bond donors (Lipinski definition) is 1. The SMILES string of the molecule is Cc1nc2c(Cl)cc(Cl)cc2c2nc(N)nn12. The van der Waals surface area contributed by atoms with E-state index in [1.54, 1.807) is 16.6 Å². The number of anilines is 1. The predicted octanol–water partition coefficient (Wildman–Crippen LogP) is 2.47. The molecule has 0 aliphatic heterocycles. The Hall–Kier alpha value is -1.59. The first-order valence-corrected chi connectivity index (χ1v) is 5.59. The molecule has 2 N–H and O–H groups in total. The molecule has 0 radical (unpaired) electrons. The Morgan fingerprint density at radius 1 is 1.24 bits per heavy atom. The summed E-state index contributed by atoms with van der Waals surface area (Å²) in [5.41, 5.74) is 6.84. The number of nitrogens with two attached hydrogens (primary N) is 1. The number of aryl methyl sites for hydroxylation is 1. The molecule has 0 unspecified atom stereocenters. The van der Waals surface area contributed by atoms with Gasteiger partial charge in [0.05, 0.1) is 10.5 Å². The molecule has 0 amide bonds. The van der Waals surface area contributed by atoms with E-state index in [2.05, 4.69) is 15.1 Å². The van der Waals surface area contributed by atoms with Crippen LogP contribution in [0.3, 0.4) is 0 Å². The number of aromatic nitrogens is 4. The maximum atomic E-state index is 6.11. The lowest BCUT2D eigenvalue weighted by Gasteiger charge is -2.04. The van der Waals surface area contributed by atoms with Crippen LogP contribution in [-0.2, 0) is 0 Å². The van der Waals surface area contributed by atoms with Crippen LogP contribution in [0.25, 0.3) is 16.6 Å². The van der Waals surface area contributed by atoms with Crippen LogP contribution in [0.1, 0.15) is 5.82 Å². The number of halogens is 2. The molecule has 5 nitrogen and oxygen atoms in total. The van der Waals surface area contributed by atoms with Crippen LogP contribution in [0.15, 0.2) is 12.1 Å². The monoisotopic (exact) mass is 267 g/mol. The highest BCUT2D eigenvalue weighted by Gasteiger charge is 2.12. The van der Waals surface area contributed by atoms with Crippen molar-refractivity contribution < 1.29 is 0 Å². The van der Waals surface area contributed by atoms with Crippen molar-refractivity contribution in [3.05, 3.63) is 28.0 Å². The summed E-state index contributed by atoms with van der Waals surface area (Å²) in [6.07, 6.45) is 0. The fraction of sp³-hybridized carbons (Fsp3) is 0.100. The number of nitrogen functional groups attached to an aromatic ring is 1. The van der Waals surface area contributed by atoms with Crippen LogP contribution in [0, 0.1) is 6.92 Å². The van der Waals surface area contributed by atoms with Gasteiger partial charge in [0, 0.05) is 10.4 Å². The minimum absolute atomic E-state index is 0.193. The second kappa shape index (κ2) is 3.45. The van der Waals surface area contributed by atoms with Gasteiger partial charge in [-0.1, -0.05) is 23.2 Å². The molecule has 2 heterocycles. The fourth-order valence-electron chi connectivity index (χ4n) is 1.79. The third kappa shape index (κ3) is 1.50. The van der Waals surface area contributed by atoms with E-state index in [-0.39, 0.29) is 5.95 Å². The second-order valence-corrected chi connectivity index (χ2v) is 4.49. The van der Waals surface area contributed by atoms with Gasteiger partial charge < -0.3 is 5.73 Å². The summed E-state index contributed by atoms with van der Waals surface area (Å²) in [5.74, 6) is 0.861. The molecule has 0 saturated heterocycles. The molecule has 0 atom stereocenters. The minimum atomic E-state index is 0.193. The van der Waals surface area contributed by atoms with Crippen LogP contribution in [-0.4, -0.2) is 19.6 Å². The lowest BCUT2D eigenvalue weighted by atomic mass is 10.2. The smallest absolute Gasteiger partial charge is 0.240 e. The maximum Gasteiger partial charge on any atom is 0.240 e. The number of nitrogens with zero attached hydrogens (tertiary/aromatic N) is 4. The van der Waals surface area contributed by atoms with Crippen LogP contribution >= 0.6 is 23.2 Å². The standard InChI is InChI=1S/C10H7Cl2N5/c1-4-14-8-6(2-5(11)3-7(8)12)9-15-10(13)16-17(4)9/h2-3H,1H3,(H2,13,16). The molecule has 86 valence electrons. The summed E-state index contributed by atoms with van der Waals surface area (Å²) in [6, 6.07) is 3.40. The summed E-state index contributed by atoms with van der Waals surface area (Å²) in [5, 5.41) is 5.80. The zero-order chi connectivity index (χ0) is 12.2. The van der Waals surface area contributed by atoms with Gasteiger partial charge in [0.25, 0.3) is 0 Å². The first-order chi connectivity index (χ1) is 8.06. The average molecular weight is 268 g/mol. The fourth-order valence-corrected chi connectivity index (χ4v) is 2.32. The van der Waals surface area contributed by atoms with Gasteiger partial charge in [-0.2, -0.15) is 9.50 Å². The molecule has 0 aliphatic carbocycles. The molecular weight excluding hydrogens is 261 g/mol. The molecular formula is C10H7Cl2N5. The molecule has 17 heavy (non-hydrogen) atoms. The van der Waals surface area contributed by atoms with Gasteiger partial charge in [-0.05, 0) is 19.1 Å². The van der Waals surface area contributed by atoms with E-state index in [4.69, 9.17) is 28.9 Å². The highest BCUT2D eigenvalue weighted by Crippen LogP contribution is 2.29. The summed E-state index contributed by atoms with van der Waals surface area (Å²) in [4.78, 5) is 8.53. The highest BCUT2D eigenvalue weighted by molar-refractivity contribution is 6.38. The third-order valence-electron chi connectivity index (χ3n) is 2.47. The van der Waals surface area contributed by atoms with Crippen molar-refractivity contribution in [3.8, 4) is 0 Å². The van der Waals surface area contributed by atoms with Crippen LogP contribution in [0.4, 0.5) is 5.95 Å². The molecule has 1 aromatic carbocycles. The third-order valence-corrected chi connectivity index (χ3v) is 2.98. The van der Waals surface area contributed by atoms with E-state index in [0.29, 0.717) is 27.0 Å². The Morgan fingerprint density at radius 3 is 2.76 bits per heavy atom. The van der Waals surface area contributed by atoms with Crippen molar-refractivity contribution in [2.24, 2.45) is 0 Å². The molecule has 0 bridgehead atoms. The van der Waals surface area contributed by atoms with Crippen molar-refractivity contribution in [3.63, 3.8) is 0 Å². The zero-order valence-electron chi connectivity index (χ0n) is 8.78. The summed E-state index contributed by atoms with van der Waals surface area (Å²) in [6.45, 7) is 1.81. The van der Waals surface area contributed by atoms with Crippen molar-refractivity contribution in [1.29, 1.82) is 0 Å². The molecule has 2 aromatic heterocycles. The van der Waals surface area contributed by atoms with E-state index in [1.807, 2.05) is 6.92 Å². The van der Waals surface area contributed by atoms with Crippen molar-refractivity contribution >= 4 is 45.7 Å². The lowest BCUT2D eigenvalue weighted by molar-refractivity contribution is 0.881. The number of benzene rings is 1. The van der Waals surface area contributed by atoms with Crippen LogP contribution in [0.5, 0.6) is 0 Å². The quantitative estimate of drug-likeness (QED) is 0.680. The Labute approximate surface area is 106 Å². The number of rotatable bonds is 0. The highest BCUT2D eigenvalue weighted by atomic mass is 35.5. The molecule has 0 saturated carbocycles. The topological polar surface area (TPSA) is 69.1 Å². The maximum absolute atomic E-state index is 6.11. The van der Waals surface area contributed by atoms with Gasteiger partial charge in [0.15, 0.2) is 5.65 Å². The van der Waals surface area contributed by atoms with E-state index in [1.165, 1.54) is 0 Å². The predicted molar refractivity (Wildman–Crippen MR) is 67.5 cm³/mol. The lowest BCUT2D eigenvalue weighted by Crippen LogP contribution is -1.99. The Balaban J connectivity index is 2.62. The van der Waals surface area contributed by atoms with E-state index in [0.717, 1.165) is 5.39 Å². The normalized spacial score (nSPS) is 11.5. The van der Waals surface area contributed by atoms with Crippen molar-refractivity contribution in [2.75, 3.05) is 5.73 Å². The summed E-state index contributed by atoms with van der Waals surface area (Å²) >= 11 is 12.1. The molecule has 7 heteroatoms. The van der Waals surface area contributed by atoms with Crippen LogP contribution < -0.4 is 5.73 Å². The molecule has 0 spiro atoms. The minimum Gasteiger partial charge on any atom is -0.366 e. The van der Waals surface area contributed by atoms with Gasteiger partial charge in [0.2, 0.25) is 5.95 Å². The number of hydrogen-bond acceptors (Lipinski definition) is 4. The first-order valence-electron chi connectivity index (χ1n) is 4.84. The molecule has 3 rings (SSSR count). The van der Waals surface area contributed by atoms with Gasteiger partial charge in [0.1, 0.15) is 5.82 Å². The Morgan fingerprint density at radius 2 is 2.00 bits per heavy atom. The van der Waals surface area contributed by atoms with Crippen molar-refractivity contribution in [2.45, 2.75) is 6.92 Å². The first kappa shape index (κ1) is 10.6. The van der Waals surface area contributed by atoms with Gasteiger partial charge >= 0.3 is 0 Å². The molecule has 0 aliphatic rings. The molecule has 0 fully saturated rings. The largest absolute Gasteiger partial charge is 0.366 e. The van der Waals surface area contributed by atoms with E-state index < -0.39 is 0 Å². The summed E-state index contributed by atoms with van der Waals surface area (Å²) in [7, 11) is 0. The number of fused-ring (bicyclic) bond motifs is 3. The van der Waals surface area contributed by atoms with E-state index in [9.17, 15) is 0 Å². The molecule has 3 aromatic rings. The average Bonchev–Trinajstić information content (AvgIpc) is 2.63. The second-order valence-electron chi connectivity index (χ2n) is 3.65. The zero-order valence-corrected chi connectivity index (χ0v) is 10.3.